The summed E-state index contributed by atoms with van der Waals surface area (Å²) in [6, 6.07) is 8.46. The number of nitrogen functional groups attached to an aromatic ring is 1. The van der Waals surface area contributed by atoms with Crippen LogP contribution in [-0.2, 0) is 6.54 Å². The maximum Gasteiger partial charge on any atom is 0.126 e. The van der Waals surface area contributed by atoms with Gasteiger partial charge in [0.15, 0.2) is 0 Å². The number of hydrogen-bond acceptors (Lipinski definition) is 4. The molecular weight excluding hydrogens is 238 g/mol. The lowest BCUT2D eigenvalue weighted by molar-refractivity contribution is 0.469. The summed E-state index contributed by atoms with van der Waals surface area (Å²) in [6.07, 6.45) is 1.56. The first-order chi connectivity index (χ1) is 8.15. The molecule has 17 heavy (non-hydrogen) atoms. The Morgan fingerprint density at radius 1 is 1.29 bits per heavy atom. The van der Waals surface area contributed by atoms with Crippen molar-refractivity contribution in [2.45, 2.75) is 6.54 Å². The lowest BCUT2D eigenvalue weighted by Gasteiger charge is -2.08. The molecule has 0 saturated heterocycles. The SMILES string of the molecule is Nc1ccc(O)c(CNc2ccc(Cl)cn2)c1. The molecule has 0 unspecified atom stereocenters. The largest absolute Gasteiger partial charge is 0.508 e. The molecule has 2 aromatic rings. The fourth-order valence-electron chi connectivity index (χ4n) is 1.41. The molecule has 0 atom stereocenters. The van der Waals surface area contributed by atoms with E-state index in [2.05, 4.69) is 10.3 Å². The number of nitrogens with two attached hydrogens (primary N) is 1. The Morgan fingerprint density at radius 3 is 2.82 bits per heavy atom. The molecule has 0 radical (unpaired) electrons. The van der Waals surface area contributed by atoms with E-state index in [-0.39, 0.29) is 5.75 Å². The zero-order valence-electron chi connectivity index (χ0n) is 9.02. The standard InChI is InChI=1S/C12H12ClN3O/c13-9-1-4-12(16-7-9)15-6-8-5-10(14)2-3-11(8)17/h1-5,7,17H,6,14H2,(H,15,16). The second-order valence-electron chi connectivity index (χ2n) is 3.60. The van der Waals surface area contributed by atoms with E-state index >= 15 is 0 Å². The van der Waals surface area contributed by atoms with Gasteiger partial charge in [-0.15, -0.1) is 0 Å². The van der Waals surface area contributed by atoms with Gasteiger partial charge in [0.25, 0.3) is 0 Å². The second-order valence-corrected chi connectivity index (χ2v) is 4.04. The summed E-state index contributed by atoms with van der Waals surface area (Å²) < 4.78 is 0. The van der Waals surface area contributed by atoms with E-state index in [9.17, 15) is 5.11 Å². The van der Waals surface area contributed by atoms with Crippen LogP contribution in [0.1, 0.15) is 5.56 Å². The van der Waals surface area contributed by atoms with Crippen molar-refractivity contribution in [3.8, 4) is 5.75 Å². The van der Waals surface area contributed by atoms with Crippen molar-refractivity contribution in [1.29, 1.82) is 0 Å². The van der Waals surface area contributed by atoms with Gasteiger partial charge in [-0.25, -0.2) is 4.98 Å². The Hall–Kier alpha value is -1.94. The Kier molecular flexibility index (Phi) is 3.35. The van der Waals surface area contributed by atoms with Gasteiger partial charge in [-0.1, -0.05) is 11.6 Å². The normalized spacial score (nSPS) is 10.2. The second kappa shape index (κ2) is 4.93. The molecule has 0 bridgehead atoms. The van der Waals surface area contributed by atoms with E-state index in [1.807, 2.05) is 0 Å². The van der Waals surface area contributed by atoms with Gasteiger partial charge < -0.3 is 16.2 Å². The van der Waals surface area contributed by atoms with Gasteiger partial charge in [0, 0.05) is 24.0 Å². The molecule has 0 spiro atoms. The van der Waals surface area contributed by atoms with Crippen LogP contribution >= 0.6 is 11.6 Å². The van der Waals surface area contributed by atoms with Crippen molar-refractivity contribution in [2.75, 3.05) is 11.1 Å². The summed E-state index contributed by atoms with van der Waals surface area (Å²) in [7, 11) is 0. The highest BCUT2D eigenvalue weighted by Crippen LogP contribution is 2.20. The molecule has 1 aromatic heterocycles. The lowest BCUT2D eigenvalue weighted by Crippen LogP contribution is -2.02. The number of hydrogen-bond donors (Lipinski definition) is 3. The molecule has 88 valence electrons. The third kappa shape index (κ3) is 3.01. The Bertz CT molecular complexity index is 514. The maximum absolute atomic E-state index is 9.62. The first-order valence-corrected chi connectivity index (χ1v) is 5.46. The number of nitrogens with one attached hydrogen (secondary N) is 1. The van der Waals surface area contributed by atoms with Crippen LogP contribution in [0.5, 0.6) is 5.75 Å². The predicted octanol–water partition coefficient (Wildman–Crippen LogP) is 2.63. The molecule has 0 aliphatic rings. The molecule has 1 aromatic carbocycles. The lowest BCUT2D eigenvalue weighted by atomic mass is 10.2. The van der Waals surface area contributed by atoms with Crippen molar-refractivity contribution < 1.29 is 5.11 Å². The van der Waals surface area contributed by atoms with Crippen LogP contribution in [0.4, 0.5) is 11.5 Å². The molecule has 1 heterocycles. The minimum absolute atomic E-state index is 0.209. The van der Waals surface area contributed by atoms with Crippen LogP contribution in [0.15, 0.2) is 36.5 Å². The number of rotatable bonds is 3. The average molecular weight is 250 g/mol. The molecule has 5 heteroatoms. The molecule has 4 nitrogen and oxygen atoms in total. The summed E-state index contributed by atoms with van der Waals surface area (Å²) >= 11 is 5.73. The van der Waals surface area contributed by atoms with Crippen molar-refractivity contribution in [3.63, 3.8) is 0 Å². The van der Waals surface area contributed by atoms with Gasteiger partial charge in [0.05, 0.1) is 5.02 Å². The molecule has 0 fully saturated rings. The summed E-state index contributed by atoms with van der Waals surface area (Å²) in [5.74, 6) is 0.900. The summed E-state index contributed by atoms with van der Waals surface area (Å²) in [5.41, 5.74) is 6.98. The summed E-state index contributed by atoms with van der Waals surface area (Å²) in [4.78, 5) is 4.09. The summed E-state index contributed by atoms with van der Waals surface area (Å²) in [5, 5.41) is 13.3. The maximum atomic E-state index is 9.62. The molecule has 0 aliphatic carbocycles. The number of pyridine rings is 1. The Balaban J connectivity index is 2.07. The van der Waals surface area contributed by atoms with Crippen LogP contribution in [0.3, 0.4) is 0 Å². The minimum Gasteiger partial charge on any atom is -0.508 e. The first kappa shape index (κ1) is 11.5. The zero-order chi connectivity index (χ0) is 12.3. The quantitative estimate of drug-likeness (QED) is 0.578. The number of halogens is 1. The Morgan fingerprint density at radius 2 is 2.12 bits per heavy atom. The van der Waals surface area contributed by atoms with Crippen LogP contribution in [-0.4, -0.2) is 10.1 Å². The monoisotopic (exact) mass is 249 g/mol. The predicted molar refractivity (Wildman–Crippen MR) is 69.1 cm³/mol. The van der Waals surface area contributed by atoms with E-state index in [0.29, 0.717) is 23.1 Å². The van der Waals surface area contributed by atoms with E-state index in [0.717, 1.165) is 5.56 Å². The number of anilines is 2. The molecule has 0 saturated carbocycles. The number of benzene rings is 1. The topological polar surface area (TPSA) is 71.2 Å². The van der Waals surface area contributed by atoms with Crippen molar-refractivity contribution >= 4 is 23.1 Å². The van der Waals surface area contributed by atoms with Crippen molar-refractivity contribution in [1.82, 2.24) is 4.98 Å². The van der Waals surface area contributed by atoms with Crippen LogP contribution in [0, 0.1) is 0 Å². The molecule has 0 amide bonds. The third-order valence-electron chi connectivity index (χ3n) is 2.29. The van der Waals surface area contributed by atoms with Gasteiger partial charge in [0.2, 0.25) is 0 Å². The van der Waals surface area contributed by atoms with Crippen LogP contribution < -0.4 is 11.1 Å². The molecule has 2 rings (SSSR count). The van der Waals surface area contributed by atoms with Gasteiger partial charge in [0.1, 0.15) is 11.6 Å². The fourth-order valence-corrected chi connectivity index (χ4v) is 1.52. The van der Waals surface area contributed by atoms with Crippen molar-refractivity contribution in [3.05, 3.63) is 47.1 Å². The van der Waals surface area contributed by atoms with E-state index in [1.54, 1.807) is 36.5 Å². The Labute approximate surface area is 104 Å². The highest BCUT2D eigenvalue weighted by molar-refractivity contribution is 6.30. The molecular formula is C12H12ClN3O. The van der Waals surface area contributed by atoms with Gasteiger partial charge in [-0.2, -0.15) is 0 Å². The van der Waals surface area contributed by atoms with E-state index in [1.165, 1.54) is 0 Å². The average Bonchev–Trinajstić information content (AvgIpc) is 2.32. The van der Waals surface area contributed by atoms with Crippen LogP contribution in [0.25, 0.3) is 0 Å². The number of nitrogens with zero attached hydrogens (tertiary/aromatic N) is 1. The number of phenolic OH excluding ortho intramolecular Hbond substituents is 1. The molecule has 0 aliphatic heterocycles. The number of phenols is 1. The zero-order valence-corrected chi connectivity index (χ0v) is 9.78. The van der Waals surface area contributed by atoms with Gasteiger partial charge in [-0.3, -0.25) is 0 Å². The first-order valence-electron chi connectivity index (χ1n) is 5.08. The van der Waals surface area contributed by atoms with Crippen LogP contribution in [0.2, 0.25) is 5.02 Å². The minimum atomic E-state index is 0.209. The van der Waals surface area contributed by atoms with Gasteiger partial charge >= 0.3 is 0 Å². The number of aromatic hydroxyl groups is 1. The third-order valence-corrected chi connectivity index (χ3v) is 2.51. The highest BCUT2D eigenvalue weighted by Gasteiger charge is 2.02. The van der Waals surface area contributed by atoms with Gasteiger partial charge in [-0.05, 0) is 30.3 Å². The van der Waals surface area contributed by atoms with E-state index in [4.69, 9.17) is 17.3 Å². The fraction of sp³-hybridized carbons (Fsp3) is 0.0833. The summed E-state index contributed by atoms with van der Waals surface area (Å²) in [6.45, 7) is 0.450. The highest BCUT2D eigenvalue weighted by atomic mass is 35.5. The van der Waals surface area contributed by atoms with E-state index < -0.39 is 0 Å². The number of aromatic nitrogens is 1. The smallest absolute Gasteiger partial charge is 0.126 e. The van der Waals surface area contributed by atoms with Crippen molar-refractivity contribution in [2.24, 2.45) is 0 Å². The molecule has 4 N–H and O–H groups in total.